The van der Waals surface area contributed by atoms with E-state index < -0.39 is 0 Å². The van der Waals surface area contributed by atoms with Gasteiger partial charge in [-0.15, -0.1) is 0 Å². The van der Waals surface area contributed by atoms with Gasteiger partial charge < -0.3 is 5.21 Å². The first-order valence-electron chi connectivity index (χ1n) is 6.51. The van der Waals surface area contributed by atoms with E-state index in [1.54, 1.807) is 6.07 Å². The number of halogens is 2. The molecule has 1 aromatic rings. The maximum absolute atomic E-state index is 13.0. The minimum Gasteiger partial charge on any atom is -0.411 e. The Hall–Kier alpha value is -1.13. The Labute approximate surface area is 117 Å². The number of nitrogens with zero attached hydrogens (tertiary/aromatic N) is 2. The minimum atomic E-state index is -0.312. The van der Waals surface area contributed by atoms with Gasteiger partial charge >= 0.3 is 0 Å². The molecule has 1 saturated heterocycles. The van der Waals surface area contributed by atoms with Gasteiger partial charge in [0.15, 0.2) is 0 Å². The molecule has 0 aliphatic carbocycles. The molecule has 3 nitrogen and oxygen atoms in total. The van der Waals surface area contributed by atoms with E-state index in [1.807, 2.05) is 0 Å². The maximum Gasteiger partial charge on any atom is 0.124 e. The third-order valence-electron chi connectivity index (χ3n) is 3.66. The molecule has 1 aliphatic rings. The molecule has 1 fully saturated rings. The number of oxime groups is 1. The van der Waals surface area contributed by atoms with Gasteiger partial charge in [0, 0.05) is 37.0 Å². The molecule has 19 heavy (non-hydrogen) atoms. The monoisotopic (exact) mass is 284 g/mol. The second-order valence-corrected chi connectivity index (χ2v) is 5.32. The van der Waals surface area contributed by atoms with Crippen LogP contribution in [0.25, 0.3) is 0 Å². The van der Waals surface area contributed by atoms with Crippen LogP contribution in [0.3, 0.4) is 0 Å². The standard InChI is InChI=1S/C14H18ClFN2O/c1-2-10-8-18(6-5-14(10)17-19)9-11-3-4-12(16)7-13(11)15/h3-4,7,10,19H,2,5-6,8-9H2,1H3/b17-14+. The summed E-state index contributed by atoms with van der Waals surface area (Å²) in [5.74, 6) is -0.0218. The lowest BCUT2D eigenvalue weighted by Gasteiger charge is -2.32. The molecule has 1 atom stereocenters. The van der Waals surface area contributed by atoms with Crippen molar-refractivity contribution in [1.29, 1.82) is 0 Å². The van der Waals surface area contributed by atoms with Crippen LogP contribution in [0.15, 0.2) is 23.4 Å². The molecule has 2 rings (SSSR count). The Morgan fingerprint density at radius 2 is 2.32 bits per heavy atom. The highest BCUT2D eigenvalue weighted by molar-refractivity contribution is 6.31. The number of hydrogen-bond donors (Lipinski definition) is 1. The van der Waals surface area contributed by atoms with E-state index in [2.05, 4.69) is 17.0 Å². The fourth-order valence-electron chi connectivity index (χ4n) is 2.52. The lowest BCUT2D eigenvalue weighted by molar-refractivity contribution is 0.220. The van der Waals surface area contributed by atoms with Crippen molar-refractivity contribution in [3.8, 4) is 0 Å². The topological polar surface area (TPSA) is 35.8 Å². The van der Waals surface area contributed by atoms with Gasteiger partial charge in [-0.1, -0.05) is 29.7 Å². The SMILES string of the molecule is CCC1CN(Cc2ccc(F)cc2Cl)CC/C1=N\O. The largest absolute Gasteiger partial charge is 0.411 e. The average molecular weight is 285 g/mol. The molecule has 1 N–H and O–H groups in total. The van der Waals surface area contributed by atoms with Gasteiger partial charge in [-0.2, -0.15) is 0 Å². The second-order valence-electron chi connectivity index (χ2n) is 4.92. The highest BCUT2D eigenvalue weighted by atomic mass is 35.5. The van der Waals surface area contributed by atoms with Gasteiger partial charge in [-0.25, -0.2) is 4.39 Å². The molecule has 0 bridgehead atoms. The molecule has 0 saturated carbocycles. The van der Waals surface area contributed by atoms with Gasteiger partial charge in [0.2, 0.25) is 0 Å². The van der Waals surface area contributed by atoms with E-state index in [1.165, 1.54) is 12.1 Å². The highest BCUT2D eigenvalue weighted by Crippen LogP contribution is 2.23. The minimum absolute atomic E-state index is 0.290. The average Bonchev–Trinajstić information content (AvgIpc) is 2.41. The van der Waals surface area contributed by atoms with Crippen LogP contribution in [0.2, 0.25) is 5.02 Å². The summed E-state index contributed by atoms with van der Waals surface area (Å²) in [6.07, 6.45) is 1.72. The third-order valence-corrected chi connectivity index (χ3v) is 4.02. The Kier molecular flexibility index (Phi) is 4.77. The fraction of sp³-hybridized carbons (Fsp3) is 0.500. The van der Waals surface area contributed by atoms with Crippen LogP contribution in [0.1, 0.15) is 25.3 Å². The van der Waals surface area contributed by atoms with E-state index in [4.69, 9.17) is 16.8 Å². The van der Waals surface area contributed by atoms with Gasteiger partial charge in [-0.3, -0.25) is 4.90 Å². The molecule has 1 aliphatic heterocycles. The van der Waals surface area contributed by atoms with Crippen LogP contribution in [0.4, 0.5) is 4.39 Å². The first-order chi connectivity index (χ1) is 9.13. The van der Waals surface area contributed by atoms with Crippen molar-refractivity contribution in [2.24, 2.45) is 11.1 Å². The van der Waals surface area contributed by atoms with Gasteiger partial charge in [0.05, 0.1) is 5.71 Å². The Morgan fingerprint density at radius 3 is 2.95 bits per heavy atom. The Morgan fingerprint density at radius 1 is 1.53 bits per heavy atom. The van der Waals surface area contributed by atoms with E-state index in [0.717, 1.165) is 37.2 Å². The zero-order valence-electron chi connectivity index (χ0n) is 10.9. The van der Waals surface area contributed by atoms with Crippen molar-refractivity contribution < 1.29 is 9.60 Å². The molecule has 0 spiro atoms. The molecule has 0 amide bonds. The van der Waals surface area contributed by atoms with Crippen molar-refractivity contribution in [2.75, 3.05) is 13.1 Å². The van der Waals surface area contributed by atoms with E-state index in [0.29, 0.717) is 11.6 Å². The van der Waals surface area contributed by atoms with Crippen LogP contribution in [0.5, 0.6) is 0 Å². The maximum atomic E-state index is 13.0. The molecule has 1 aromatic carbocycles. The summed E-state index contributed by atoms with van der Waals surface area (Å²) in [5.41, 5.74) is 1.81. The van der Waals surface area contributed by atoms with Gasteiger partial charge in [0.1, 0.15) is 5.82 Å². The zero-order valence-corrected chi connectivity index (χ0v) is 11.7. The number of piperidine rings is 1. The van der Waals surface area contributed by atoms with Gasteiger partial charge in [0.25, 0.3) is 0 Å². The van der Waals surface area contributed by atoms with Crippen molar-refractivity contribution in [3.63, 3.8) is 0 Å². The highest BCUT2D eigenvalue weighted by Gasteiger charge is 2.25. The van der Waals surface area contributed by atoms with Crippen LogP contribution < -0.4 is 0 Å². The normalized spacial score (nSPS) is 22.9. The third kappa shape index (κ3) is 3.45. The Bertz CT molecular complexity index is 479. The molecule has 5 heteroatoms. The van der Waals surface area contributed by atoms with E-state index in [-0.39, 0.29) is 11.7 Å². The van der Waals surface area contributed by atoms with Crippen molar-refractivity contribution >= 4 is 17.3 Å². The summed E-state index contributed by atoms with van der Waals surface area (Å²) in [4.78, 5) is 2.27. The van der Waals surface area contributed by atoms with Crippen LogP contribution in [0, 0.1) is 11.7 Å². The summed E-state index contributed by atoms with van der Waals surface area (Å²) < 4.78 is 13.0. The van der Waals surface area contributed by atoms with Gasteiger partial charge in [-0.05, 0) is 24.1 Å². The summed E-state index contributed by atoms with van der Waals surface area (Å²) in [6.45, 7) is 4.48. The molecular weight excluding hydrogens is 267 g/mol. The summed E-state index contributed by atoms with van der Waals surface area (Å²) in [5, 5.41) is 12.8. The second kappa shape index (κ2) is 6.35. The van der Waals surface area contributed by atoms with Crippen molar-refractivity contribution in [1.82, 2.24) is 4.90 Å². The van der Waals surface area contributed by atoms with E-state index in [9.17, 15) is 4.39 Å². The first kappa shape index (κ1) is 14.3. The van der Waals surface area contributed by atoms with Crippen molar-refractivity contribution in [2.45, 2.75) is 26.3 Å². The Balaban J connectivity index is 2.04. The lowest BCUT2D eigenvalue weighted by Crippen LogP contribution is -2.40. The lowest BCUT2D eigenvalue weighted by atomic mass is 9.93. The number of benzene rings is 1. The quantitative estimate of drug-likeness (QED) is 0.681. The summed E-state index contributed by atoms with van der Waals surface area (Å²) in [7, 11) is 0. The van der Waals surface area contributed by atoms with Crippen LogP contribution in [-0.2, 0) is 6.54 Å². The molecular formula is C14H18ClFN2O. The fourth-order valence-corrected chi connectivity index (χ4v) is 2.74. The zero-order chi connectivity index (χ0) is 13.8. The number of hydrogen-bond acceptors (Lipinski definition) is 3. The first-order valence-corrected chi connectivity index (χ1v) is 6.89. The molecule has 1 heterocycles. The van der Waals surface area contributed by atoms with Crippen molar-refractivity contribution in [3.05, 3.63) is 34.6 Å². The predicted molar refractivity (Wildman–Crippen MR) is 74.3 cm³/mol. The van der Waals surface area contributed by atoms with Crippen LogP contribution >= 0.6 is 11.6 Å². The molecule has 0 aromatic heterocycles. The van der Waals surface area contributed by atoms with Crippen LogP contribution in [-0.4, -0.2) is 28.9 Å². The molecule has 0 radical (unpaired) electrons. The number of rotatable bonds is 3. The van der Waals surface area contributed by atoms with E-state index >= 15 is 0 Å². The molecule has 1 unspecified atom stereocenters. The summed E-state index contributed by atoms with van der Waals surface area (Å²) in [6, 6.07) is 4.51. The molecule has 104 valence electrons. The smallest absolute Gasteiger partial charge is 0.124 e. The summed E-state index contributed by atoms with van der Waals surface area (Å²) >= 11 is 6.04. The predicted octanol–water partition coefficient (Wildman–Crippen LogP) is 3.54. The number of likely N-dealkylation sites (tertiary alicyclic amines) is 1.